The fraction of sp³-hybridized carbons (Fsp3) is 0.125. The van der Waals surface area contributed by atoms with Crippen LogP contribution in [0.5, 0.6) is 5.75 Å². The molecular weight excluding hydrogens is 158 g/mol. The smallest absolute Gasteiger partial charge is 0.153 e. The highest BCUT2D eigenvalue weighted by Gasteiger charge is 2.02. The zero-order chi connectivity index (χ0) is 8.97. The van der Waals surface area contributed by atoms with Gasteiger partial charge in [0.25, 0.3) is 0 Å². The molecule has 0 amide bonds. The maximum atomic E-state index is 10.4. The number of nitrogens with zero attached hydrogens (tertiary/aromatic N) is 1. The second-order valence-corrected chi connectivity index (χ2v) is 2.14. The van der Waals surface area contributed by atoms with Crippen LogP contribution in [0.4, 0.5) is 5.69 Å². The molecule has 0 atom stereocenters. The number of rotatable bonds is 3. The van der Waals surface area contributed by atoms with Crippen molar-refractivity contribution < 1.29 is 9.53 Å². The van der Waals surface area contributed by atoms with E-state index in [1.54, 1.807) is 0 Å². The lowest BCUT2D eigenvalue weighted by Gasteiger charge is -2.01. The number of hydrogen-bond acceptors (Lipinski definition) is 4. The van der Waals surface area contributed by atoms with Crippen molar-refractivity contribution >= 4 is 12.0 Å². The summed E-state index contributed by atoms with van der Waals surface area (Å²) < 4.78 is 4.85. The van der Waals surface area contributed by atoms with E-state index in [9.17, 15) is 9.70 Å². The highest BCUT2D eigenvalue weighted by atomic mass is 16.5. The normalized spacial score (nSPS) is 9.08. The second kappa shape index (κ2) is 3.61. The summed E-state index contributed by atoms with van der Waals surface area (Å²) in [5.74, 6) is 0.363. The van der Waals surface area contributed by atoms with Crippen LogP contribution >= 0.6 is 0 Å². The molecule has 0 aliphatic rings. The molecule has 4 nitrogen and oxygen atoms in total. The van der Waals surface area contributed by atoms with Gasteiger partial charge in [-0.25, -0.2) is 0 Å². The molecule has 0 saturated heterocycles. The minimum absolute atomic E-state index is 0.248. The van der Waals surface area contributed by atoms with Crippen molar-refractivity contribution in [3.63, 3.8) is 0 Å². The monoisotopic (exact) mass is 165 g/mol. The van der Waals surface area contributed by atoms with Crippen molar-refractivity contribution in [3.8, 4) is 5.75 Å². The molecule has 0 spiro atoms. The highest BCUT2D eigenvalue weighted by Crippen LogP contribution is 2.23. The summed E-state index contributed by atoms with van der Waals surface area (Å²) in [5, 5.41) is 2.71. The van der Waals surface area contributed by atoms with Crippen LogP contribution in [0.2, 0.25) is 0 Å². The Kier molecular flexibility index (Phi) is 2.53. The van der Waals surface area contributed by atoms with Gasteiger partial charge in [0.1, 0.15) is 11.4 Å². The standard InChI is InChI=1S/C8H7NO3/c1-12-8-4-7(9-11)3-2-6(8)5-10/h2-5H,1H3. The van der Waals surface area contributed by atoms with Crippen molar-refractivity contribution in [1.82, 2.24) is 0 Å². The quantitative estimate of drug-likeness (QED) is 0.507. The van der Waals surface area contributed by atoms with E-state index in [4.69, 9.17) is 4.74 Å². The summed E-state index contributed by atoms with van der Waals surface area (Å²) in [6, 6.07) is 4.36. The third-order valence-electron chi connectivity index (χ3n) is 1.45. The van der Waals surface area contributed by atoms with Crippen LogP contribution in [0.3, 0.4) is 0 Å². The number of carbonyl (C=O) groups excluding carboxylic acids is 1. The summed E-state index contributed by atoms with van der Waals surface area (Å²) >= 11 is 0. The van der Waals surface area contributed by atoms with Crippen LogP contribution in [-0.4, -0.2) is 13.4 Å². The molecule has 0 aliphatic carbocycles. The van der Waals surface area contributed by atoms with Gasteiger partial charge in [0.2, 0.25) is 0 Å². The number of hydrogen-bond donors (Lipinski definition) is 0. The number of aldehydes is 1. The van der Waals surface area contributed by atoms with Crippen LogP contribution in [0, 0.1) is 4.91 Å². The summed E-state index contributed by atoms with van der Waals surface area (Å²) in [4.78, 5) is 20.5. The topological polar surface area (TPSA) is 55.7 Å². The van der Waals surface area contributed by atoms with E-state index in [-0.39, 0.29) is 5.69 Å². The van der Waals surface area contributed by atoms with E-state index in [0.29, 0.717) is 17.6 Å². The van der Waals surface area contributed by atoms with Crippen LogP contribution < -0.4 is 4.74 Å². The number of methoxy groups -OCH3 is 1. The molecule has 1 aromatic rings. The van der Waals surface area contributed by atoms with Gasteiger partial charge in [0, 0.05) is 6.07 Å². The first kappa shape index (κ1) is 8.39. The molecule has 0 unspecified atom stereocenters. The van der Waals surface area contributed by atoms with Crippen molar-refractivity contribution in [2.45, 2.75) is 0 Å². The second-order valence-electron chi connectivity index (χ2n) is 2.14. The van der Waals surface area contributed by atoms with Gasteiger partial charge in [-0.05, 0) is 17.3 Å². The Morgan fingerprint density at radius 3 is 2.75 bits per heavy atom. The van der Waals surface area contributed by atoms with Gasteiger partial charge >= 0.3 is 0 Å². The Bertz CT molecular complexity index is 309. The van der Waals surface area contributed by atoms with Gasteiger partial charge in [-0.1, -0.05) is 0 Å². The Balaban J connectivity index is 3.18. The van der Waals surface area contributed by atoms with Crippen molar-refractivity contribution in [1.29, 1.82) is 0 Å². The van der Waals surface area contributed by atoms with E-state index in [2.05, 4.69) is 5.18 Å². The number of benzene rings is 1. The minimum Gasteiger partial charge on any atom is -0.496 e. The maximum Gasteiger partial charge on any atom is 0.153 e. The lowest BCUT2D eigenvalue weighted by atomic mass is 10.2. The summed E-state index contributed by atoms with van der Waals surface area (Å²) in [7, 11) is 1.43. The maximum absolute atomic E-state index is 10.4. The van der Waals surface area contributed by atoms with E-state index in [1.165, 1.54) is 25.3 Å². The molecule has 1 aromatic carbocycles. The Hall–Kier alpha value is -1.71. The molecule has 12 heavy (non-hydrogen) atoms. The summed E-state index contributed by atoms with van der Waals surface area (Å²) in [5.41, 5.74) is 0.655. The zero-order valence-electron chi connectivity index (χ0n) is 6.48. The van der Waals surface area contributed by atoms with Gasteiger partial charge in [0.15, 0.2) is 6.29 Å². The molecule has 0 N–H and O–H groups in total. The van der Waals surface area contributed by atoms with Gasteiger partial charge < -0.3 is 4.74 Å². The SMILES string of the molecule is COc1cc(N=O)ccc1C=O. The predicted octanol–water partition coefficient (Wildman–Crippen LogP) is 1.91. The molecule has 0 radical (unpaired) electrons. The molecule has 0 aliphatic heterocycles. The largest absolute Gasteiger partial charge is 0.496 e. The summed E-state index contributed by atoms with van der Waals surface area (Å²) in [6.45, 7) is 0. The predicted molar refractivity (Wildman–Crippen MR) is 43.8 cm³/mol. The van der Waals surface area contributed by atoms with Crippen molar-refractivity contribution in [3.05, 3.63) is 28.7 Å². The van der Waals surface area contributed by atoms with E-state index >= 15 is 0 Å². The average Bonchev–Trinajstić information content (AvgIpc) is 2.16. The highest BCUT2D eigenvalue weighted by molar-refractivity contribution is 5.80. The first-order valence-electron chi connectivity index (χ1n) is 3.28. The minimum atomic E-state index is 0.248. The van der Waals surface area contributed by atoms with Gasteiger partial charge in [-0.3, -0.25) is 4.79 Å². The third kappa shape index (κ3) is 1.47. The fourth-order valence-electron chi connectivity index (χ4n) is 0.854. The molecule has 0 saturated carbocycles. The van der Waals surface area contributed by atoms with Crippen LogP contribution in [0.1, 0.15) is 10.4 Å². The van der Waals surface area contributed by atoms with Crippen molar-refractivity contribution in [2.75, 3.05) is 7.11 Å². The van der Waals surface area contributed by atoms with E-state index < -0.39 is 0 Å². The first-order valence-corrected chi connectivity index (χ1v) is 3.28. The van der Waals surface area contributed by atoms with Gasteiger partial charge in [-0.15, -0.1) is 4.91 Å². The number of carbonyl (C=O) groups is 1. The average molecular weight is 165 g/mol. The molecular formula is C8H7NO3. The molecule has 1 rings (SSSR count). The molecule has 0 aromatic heterocycles. The molecule has 0 bridgehead atoms. The fourth-order valence-corrected chi connectivity index (χ4v) is 0.854. The van der Waals surface area contributed by atoms with Gasteiger partial charge in [0.05, 0.1) is 12.7 Å². The van der Waals surface area contributed by atoms with E-state index in [0.717, 1.165) is 0 Å². The molecule has 62 valence electrons. The zero-order valence-corrected chi connectivity index (χ0v) is 6.48. The number of nitroso groups, excluding NO2 is 1. The van der Waals surface area contributed by atoms with E-state index in [1.807, 2.05) is 0 Å². The Morgan fingerprint density at radius 1 is 1.50 bits per heavy atom. The lowest BCUT2D eigenvalue weighted by molar-refractivity contribution is 0.112. The molecule has 0 heterocycles. The summed E-state index contributed by atoms with van der Waals surface area (Å²) in [6.07, 6.45) is 0.660. The Labute approximate surface area is 69.1 Å². The van der Waals surface area contributed by atoms with Crippen LogP contribution in [0.15, 0.2) is 23.4 Å². The van der Waals surface area contributed by atoms with Crippen molar-refractivity contribution in [2.24, 2.45) is 5.18 Å². The Morgan fingerprint density at radius 2 is 2.25 bits per heavy atom. The first-order chi connectivity index (χ1) is 5.81. The molecule has 0 fully saturated rings. The number of ether oxygens (including phenoxy) is 1. The van der Waals surface area contributed by atoms with Gasteiger partial charge in [-0.2, -0.15) is 0 Å². The van der Waals surface area contributed by atoms with Crippen LogP contribution in [-0.2, 0) is 0 Å². The molecule has 4 heteroatoms. The third-order valence-corrected chi connectivity index (χ3v) is 1.45. The lowest BCUT2D eigenvalue weighted by Crippen LogP contribution is -1.88. The van der Waals surface area contributed by atoms with Crippen LogP contribution in [0.25, 0.3) is 0 Å².